The number of rotatable bonds is 1. The summed E-state index contributed by atoms with van der Waals surface area (Å²) in [6, 6.07) is 5.33. The molecule has 2 rings (SSSR count). The van der Waals surface area contributed by atoms with Gasteiger partial charge in [-0.1, -0.05) is 17.7 Å². The fourth-order valence-electron chi connectivity index (χ4n) is 2.50. The number of aromatic hydroxyl groups is 1. The van der Waals surface area contributed by atoms with Crippen molar-refractivity contribution >= 4 is 17.7 Å². The third-order valence-corrected chi connectivity index (χ3v) is 3.89. The van der Waals surface area contributed by atoms with Crippen molar-refractivity contribution in [2.45, 2.75) is 45.1 Å². The lowest BCUT2D eigenvalue weighted by molar-refractivity contribution is 0.0205. The van der Waals surface area contributed by atoms with Gasteiger partial charge in [0.1, 0.15) is 11.4 Å². The standard InChI is InChI=1S/C16H22ClNO3/c1-16(2,3)21-15(20)18-8-6-11(7-9-18)12-4-5-14(19)13(17)10-12/h4-5,10-11,19H,6-9H2,1-3H3. The molecule has 5 heteroatoms. The maximum Gasteiger partial charge on any atom is 0.410 e. The fraction of sp³-hybridized carbons (Fsp3) is 0.562. The lowest BCUT2D eigenvalue weighted by Crippen LogP contribution is -2.41. The monoisotopic (exact) mass is 311 g/mol. The molecule has 0 bridgehead atoms. The van der Waals surface area contributed by atoms with E-state index in [4.69, 9.17) is 16.3 Å². The van der Waals surface area contributed by atoms with Crippen molar-refractivity contribution in [1.82, 2.24) is 4.90 Å². The molecule has 116 valence electrons. The van der Waals surface area contributed by atoms with Crippen molar-refractivity contribution in [2.24, 2.45) is 0 Å². The Morgan fingerprint density at radius 3 is 2.48 bits per heavy atom. The largest absolute Gasteiger partial charge is 0.506 e. The Morgan fingerprint density at radius 1 is 1.33 bits per heavy atom. The first-order chi connectivity index (χ1) is 9.76. The summed E-state index contributed by atoms with van der Waals surface area (Å²) in [7, 11) is 0. The van der Waals surface area contributed by atoms with Gasteiger partial charge >= 0.3 is 6.09 Å². The van der Waals surface area contributed by atoms with Crippen LogP contribution in [0.2, 0.25) is 5.02 Å². The SMILES string of the molecule is CC(C)(C)OC(=O)N1CCC(c2ccc(O)c(Cl)c2)CC1. The molecule has 1 aromatic rings. The highest BCUT2D eigenvalue weighted by Crippen LogP contribution is 2.33. The lowest BCUT2D eigenvalue weighted by atomic mass is 9.89. The molecule has 1 N–H and O–H groups in total. The molecule has 1 aliphatic rings. The van der Waals surface area contributed by atoms with Gasteiger partial charge in [-0.2, -0.15) is 0 Å². The van der Waals surface area contributed by atoms with Crippen LogP contribution in [0.3, 0.4) is 0 Å². The minimum Gasteiger partial charge on any atom is -0.506 e. The number of carbonyl (C=O) groups is 1. The number of halogens is 1. The highest BCUT2D eigenvalue weighted by Gasteiger charge is 2.27. The summed E-state index contributed by atoms with van der Waals surface area (Å²) in [5.74, 6) is 0.466. The zero-order chi connectivity index (χ0) is 15.6. The number of hydrogen-bond acceptors (Lipinski definition) is 3. The van der Waals surface area contributed by atoms with E-state index >= 15 is 0 Å². The van der Waals surface area contributed by atoms with Gasteiger partial charge in [0.15, 0.2) is 0 Å². The second kappa shape index (κ2) is 6.14. The normalized spacial score (nSPS) is 16.9. The van der Waals surface area contributed by atoms with Crippen LogP contribution in [-0.2, 0) is 4.74 Å². The molecule has 4 nitrogen and oxygen atoms in total. The van der Waals surface area contributed by atoms with Crippen LogP contribution in [-0.4, -0.2) is 34.8 Å². The smallest absolute Gasteiger partial charge is 0.410 e. The number of carbonyl (C=O) groups excluding carboxylic acids is 1. The number of nitrogens with zero attached hydrogens (tertiary/aromatic N) is 1. The summed E-state index contributed by atoms with van der Waals surface area (Å²) >= 11 is 5.95. The maximum atomic E-state index is 12.0. The molecule has 1 aromatic carbocycles. The zero-order valence-corrected chi connectivity index (χ0v) is 13.5. The number of piperidine rings is 1. The summed E-state index contributed by atoms with van der Waals surface area (Å²) in [6.07, 6.45) is 1.51. The van der Waals surface area contributed by atoms with Crippen LogP contribution in [0.15, 0.2) is 18.2 Å². The van der Waals surface area contributed by atoms with Gasteiger partial charge in [-0.15, -0.1) is 0 Å². The van der Waals surface area contributed by atoms with Crippen LogP contribution in [0.1, 0.15) is 45.1 Å². The Labute approximate surface area is 130 Å². The Balaban J connectivity index is 1.94. The van der Waals surface area contributed by atoms with E-state index in [1.165, 1.54) is 0 Å². The number of ether oxygens (including phenoxy) is 1. The number of likely N-dealkylation sites (tertiary alicyclic amines) is 1. The van der Waals surface area contributed by atoms with Crippen LogP contribution in [0.5, 0.6) is 5.75 Å². The molecule has 1 fully saturated rings. The second-order valence-electron chi connectivity index (χ2n) is 6.45. The summed E-state index contributed by atoms with van der Waals surface area (Å²) < 4.78 is 5.39. The Hall–Kier alpha value is -1.42. The first kappa shape index (κ1) is 16.0. The quantitative estimate of drug-likeness (QED) is 0.847. The van der Waals surface area contributed by atoms with E-state index in [1.807, 2.05) is 32.9 Å². The molecule has 0 saturated carbocycles. The van der Waals surface area contributed by atoms with Gasteiger partial charge in [-0.05, 0) is 57.2 Å². The van der Waals surface area contributed by atoms with Gasteiger partial charge in [0.25, 0.3) is 0 Å². The topological polar surface area (TPSA) is 49.8 Å². The summed E-state index contributed by atoms with van der Waals surface area (Å²) in [5.41, 5.74) is 0.653. The third-order valence-electron chi connectivity index (χ3n) is 3.59. The first-order valence-electron chi connectivity index (χ1n) is 7.22. The minimum atomic E-state index is -0.460. The van der Waals surface area contributed by atoms with Crippen LogP contribution < -0.4 is 0 Å². The van der Waals surface area contributed by atoms with Gasteiger partial charge in [0.2, 0.25) is 0 Å². The molecule has 0 atom stereocenters. The van der Waals surface area contributed by atoms with Crippen molar-refractivity contribution in [3.05, 3.63) is 28.8 Å². The zero-order valence-electron chi connectivity index (χ0n) is 12.7. The van der Waals surface area contributed by atoms with Crippen molar-refractivity contribution in [2.75, 3.05) is 13.1 Å². The highest BCUT2D eigenvalue weighted by molar-refractivity contribution is 6.32. The molecule has 21 heavy (non-hydrogen) atoms. The fourth-order valence-corrected chi connectivity index (χ4v) is 2.69. The van der Waals surface area contributed by atoms with Crippen molar-refractivity contribution in [1.29, 1.82) is 0 Å². The molecule has 0 aromatic heterocycles. The van der Waals surface area contributed by atoms with Gasteiger partial charge in [0, 0.05) is 13.1 Å². The van der Waals surface area contributed by atoms with Crippen molar-refractivity contribution in [3.63, 3.8) is 0 Å². The van der Waals surface area contributed by atoms with Crippen molar-refractivity contribution < 1.29 is 14.6 Å². The number of hydrogen-bond donors (Lipinski definition) is 1. The predicted octanol–water partition coefficient (Wildman–Crippen LogP) is 4.16. The number of phenolic OH excluding ortho intramolecular Hbond substituents is 1. The molecule has 0 aliphatic carbocycles. The average molecular weight is 312 g/mol. The molecule has 0 radical (unpaired) electrons. The first-order valence-corrected chi connectivity index (χ1v) is 7.60. The van der Waals surface area contributed by atoms with E-state index in [2.05, 4.69) is 0 Å². The Kier molecular flexibility index (Phi) is 4.67. The van der Waals surface area contributed by atoms with Gasteiger partial charge in [-0.25, -0.2) is 4.79 Å². The molecule has 1 heterocycles. The van der Waals surface area contributed by atoms with Crippen LogP contribution >= 0.6 is 11.6 Å². The number of phenols is 1. The molecule has 1 aliphatic heterocycles. The lowest BCUT2D eigenvalue weighted by Gasteiger charge is -2.33. The summed E-state index contributed by atoms with van der Waals surface area (Å²) in [4.78, 5) is 13.8. The molecule has 0 unspecified atom stereocenters. The second-order valence-corrected chi connectivity index (χ2v) is 6.86. The van der Waals surface area contributed by atoms with Crippen LogP contribution in [0, 0.1) is 0 Å². The van der Waals surface area contributed by atoms with Crippen LogP contribution in [0.25, 0.3) is 0 Å². The Bertz CT molecular complexity index is 517. The maximum absolute atomic E-state index is 12.0. The minimum absolute atomic E-state index is 0.103. The molecule has 1 saturated heterocycles. The van der Waals surface area contributed by atoms with Gasteiger partial charge < -0.3 is 14.7 Å². The molecule has 0 spiro atoms. The average Bonchev–Trinajstić information content (AvgIpc) is 2.40. The predicted molar refractivity (Wildman–Crippen MR) is 82.9 cm³/mol. The molecular formula is C16H22ClNO3. The summed E-state index contributed by atoms with van der Waals surface area (Å²) in [6.45, 7) is 6.97. The van der Waals surface area contributed by atoms with Crippen molar-refractivity contribution in [3.8, 4) is 5.75 Å². The molecular weight excluding hydrogens is 290 g/mol. The van der Waals surface area contributed by atoms with E-state index < -0.39 is 5.60 Å². The number of amides is 1. The number of benzene rings is 1. The van der Waals surface area contributed by atoms with Gasteiger partial charge in [-0.3, -0.25) is 0 Å². The summed E-state index contributed by atoms with van der Waals surface area (Å²) in [5, 5.41) is 9.84. The van der Waals surface area contributed by atoms with E-state index in [9.17, 15) is 9.90 Å². The third kappa shape index (κ3) is 4.27. The van der Waals surface area contributed by atoms with E-state index in [0.29, 0.717) is 24.0 Å². The van der Waals surface area contributed by atoms with E-state index in [0.717, 1.165) is 18.4 Å². The van der Waals surface area contributed by atoms with Crippen LogP contribution in [0.4, 0.5) is 4.79 Å². The van der Waals surface area contributed by atoms with E-state index in [-0.39, 0.29) is 11.8 Å². The van der Waals surface area contributed by atoms with Gasteiger partial charge in [0.05, 0.1) is 5.02 Å². The Morgan fingerprint density at radius 2 is 1.95 bits per heavy atom. The highest BCUT2D eigenvalue weighted by atomic mass is 35.5. The van der Waals surface area contributed by atoms with E-state index in [1.54, 1.807) is 11.0 Å². The molecule has 1 amide bonds.